The van der Waals surface area contributed by atoms with Gasteiger partial charge in [0.1, 0.15) is 0 Å². The van der Waals surface area contributed by atoms with Crippen LogP contribution in [-0.2, 0) is 14.8 Å². The molecule has 0 aromatic heterocycles. The van der Waals surface area contributed by atoms with E-state index in [1.807, 2.05) is 42.5 Å². The molecule has 0 aliphatic carbocycles. The summed E-state index contributed by atoms with van der Waals surface area (Å²) in [6, 6.07) is 13.3. The predicted octanol–water partition coefficient (Wildman–Crippen LogP) is 1.79. The summed E-state index contributed by atoms with van der Waals surface area (Å²) < 4.78 is 32.2. The van der Waals surface area contributed by atoms with E-state index in [1.54, 1.807) is 6.92 Å². The SMILES string of the molecule is COCC(C)S(=O)(=O)NC(CN)c1ccc2ccccc2c1. The monoisotopic (exact) mass is 322 g/mol. The van der Waals surface area contributed by atoms with E-state index < -0.39 is 21.3 Å². The largest absolute Gasteiger partial charge is 0.383 e. The van der Waals surface area contributed by atoms with Crippen molar-refractivity contribution in [2.45, 2.75) is 18.2 Å². The average Bonchev–Trinajstić information content (AvgIpc) is 2.52. The number of benzene rings is 2. The first-order valence-electron chi connectivity index (χ1n) is 7.16. The fraction of sp³-hybridized carbons (Fsp3) is 0.375. The highest BCUT2D eigenvalue weighted by Gasteiger charge is 2.24. The maximum absolute atomic E-state index is 12.3. The van der Waals surface area contributed by atoms with Gasteiger partial charge < -0.3 is 10.5 Å². The minimum atomic E-state index is -3.49. The number of nitrogens with two attached hydrogens (primary N) is 1. The number of fused-ring (bicyclic) bond motifs is 1. The minimum Gasteiger partial charge on any atom is -0.383 e. The highest BCUT2D eigenvalue weighted by Crippen LogP contribution is 2.21. The Morgan fingerprint density at radius 2 is 1.86 bits per heavy atom. The molecule has 0 fully saturated rings. The van der Waals surface area contributed by atoms with Crippen molar-refractivity contribution in [1.82, 2.24) is 4.72 Å². The fourth-order valence-electron chi connectivity index (χ4n) is 2.32. The van der Waals surface area contributed by atoms with Gasteiger partial charge in [0.05, 0.1) is 17.9 Å². The van der Waals surface area contributed by atoms with Crippen molar-refractivity contribution in [3.05, 3.63) is 48.0 Å². The molecule has 0 amide bonds. The van der Waals surface area contributed by atoms with Crippen LogP contribution in [0.15, 0.2) is 42.5 Å². The van der Waals surface area contributed by atoms with Crippen LogP contribution in [0.3, 0.4) is 0 Å². The lowest BCUT2D eigenvalue weighted by atomic mass is 10.0. The molecular weight excluding hydrogens is 300 g/mol. The number of hydrogen-bond donors (Lipinski definition) is 2. The molecule has 0 aliphatic heterocycles. The Balaban J connectivity index is 2.26. The van der Waals surface area contributed by atoms with Crippen LogP contribution in [0.5, 0.6) is 0 Å². The van der Waals surface area contributed by atoms with Gasteiger partial charge in [-0.15, -0.1) is 0 Å². The van der Waals surface area contributed by atoms with Crippen LogP contribution in [0.25, 0.3) is 10.8 Å². The average molecular weight is 322 g/mol. The molecule has 2 aromatic carbocycles. The second-order valence-corrected chi connectivity index (χ2v) is 7.45. The van der Waals surface area contributed by atoms with Gasteiger partial charge in [-0.1, -0.05) is 36.4 Å². The molecule has 22 heavy (non-hydrogen) atoms. The van der Waals surface area contributed by atoms with Crippen LogP contribution < -0.4 is 10.5 Å². The van der Waals surface area contributed by atoms with Gasteiger partial charge in [-0.05, 0) is 29.3 Å². The normalized spacial score (nSPS) is 14.9. The number of hydrogen-bond acceptors (Lipinski definition) is 4. The predicted molar refractivity (Wildman–Crippen MR) is 89.1 cm³/mol. The van der Waals surface area contributed by atoms with Gasteiger partial charge in [0.25, 0.3) is 0 Å². The summed E-state index contributed by atoms with van der Waals surface area (Å²) >= 11 is 0. The molecule has 6 heteroatoms. The quantitative estimate of drug-likeness (QED) is 0.814. The van der Waals surface area contributed by atoms with Gasteiger partial charge in [-0.2, -0.15) is 0 Å². The van der Waals surface area contributed by atoms with E-state index in [1.165, 1.54) is 7.11 Å². The summed E-state index contributed by atoms with van der Waals surface area (Å²) in [6.07, 6.45) is 0. The molecule has 2 aromatic rings. The van der Waals surface area contributed by atoms with Crippen LogP contribution in [0.4, 0.5) is 0 Å². The Hall–Kier alpha value is -1.47. The van der Waals surface area contributed by atoms with Gasteiger partial charge >= 0.3 is 0 Å². The molecule has 2 atom stereocenters. The Morgan fingerprint density at radius 3 is 2.50 bits per heavy atom. The topological polar surface area (TPSA) is 81.4 Å². The minimum absolute atomic E-state index is 0.143. The summed E-state index contributed by atoms with van der Waals surface area (Å²) in [7, 11) is -2.01. The molecule has 0 spiro atoms. The summed E-state index contributed by atoms with van der Waals surface area (Å²) in [6.45, 7) is 1.95. The van der Waals surface area contributed by atoms with E-state index in [-0.39, 0.29) is 13.2 Å². The molecule has 0 radical (unpaired) electrons. The summed E-state index contributed by atoms with van der Waals surface area (Å²) in [5.74, 6) is 0. The van der Waals surface area contributed by atoms with E-state index in [4.69, 9.17) is 10.5 Å². The second-order valence-electron chi connectivity index (χ2n) is 5.32. The van der Waals surface area contributed by atoms with Gasteiger partial charge in [0.2, 0.25) is 10.0 Å². The van der Waals surface area contributed by atoms with Crippen molar-refractivity contribution in [3.63, 3.8) is 0 Å². The van der Waals surface area contributed by atoms with Crippen LogP contribution >= 0.6 is 0 Å². The Morgan fingerprint density at radius 1 is 1.18 bits per heavy atom. The van der Waals surface area contributed by atoms with Crippen molar-refractivity contribution in [1.29, 1.82) is 0 Å². The first-order chi connectivity index (χ1) is 10.5. The van der Waals surface area contributed by atoms with Crippen LogP contribution in [0.2, 0.25) is 0 Å². The number of sulfonamides is 1. The zero-order chi connectivity index (χ0) is 16.2. The molecule has 2 rings (SSSR count). The standard InChI is InChI=1S/C16H22N2O3S/c1-12(11-21-2)22(19,20)18-16(10-17)15-8-7-13-5-3-4-6-14(13)9-15/h3-9,12,16,18H,10-11,17H2,1-2H3. The number of methoxy groups -OCH3 is 1. The lowest BCUT2D eigenvalue weighted by Gasteiger charge is -2.21. The van der Waals surface area contributed by atoms with Crippen molar-refractivity contribution in [2.75, 3.05) is 20.3 Å². The van der Waals surface area contributed by atoms with Gasteiger partial charge in [-0.3, -0.25) is 0 Å². The van der Waals surface area contributed by atoms with E-state index >= 15 is 0 Å². The van der Waals surface area contributed by atoms with Gasteiger partial charge in [0.15, 0.2) is 0 Å². The summed E-state index contributed by atoms with van der Waals surface area (Å²) in [4.78, 5) is 0. The fourth-order valence-corrected chi connectivity index (χ4v) is 3.49. The Kier molecular flexibility index (Phi) is 5.52. The van der Waals surface area contributed by atoms with Crippen LogP contribution in [0, 0.1) is 0 Å². The highest BCUT2D eigenvalue weighted by molar-refractivity contribution is 7.90. The zero-order valence-corrected chi connectivity index (χ0v) is 13.6. The van der Waals surface area contributed by atoms with Gasteiger partial charge in [-0.25, -0.2) is 13.1 Å². The van der Waals surface area contributed by atoms with E-state index in [9.17, 15) is 8.42 Å². The molecule has 0 bridgehead atoms. The smallest absolute Gasteiger partial charge is 0.217 e. The lowest BCUT2D eigenvalue weighted by Crippen LogP contribution is -2.40. The second kappa shape index (κ2) is 7.19. The maximum atomic E-state index is 12.3. The Labute approximate surface area is 131 Å². The van der Waals surface area contributed by atoms with E-state index in [0.717, 1.165) is 16.3 Å². The van der Waals surface area contributed by atoms with E-state index in [2.05, 4.69) is 4.72 Å². The van der Waals surface area contributed by atoms with Crippen molar-refractivity contribution in [3.8, 4) is 0 Å². The number of nitrogens with one attached hydrogen (secondary N) is 1. The van der Waals surface area contributed by atoms with Crippen molar-refractivity contribution >= 4 is 20.8 Å². The molecule has 0 saturated heterocycles. The molecule has 2 unspecified atom stereocenters. The third-order valence-corrected chi connectivity index (χ3v) is 5.46. The third-order valence-electron chi connectivity index (χ3n) is 3.65. The van der Waals surface area contributed by atoms with Crippen molar-refractivity contribution < 1.29 is 13.2 Å². The summed E-state index contributed by atoms with van der Waals surface area (Å²) in [5, 5.41) is 1.53. The van der Waals surface area contributed by atoms with Gasteiger partial charge in [0, 0.05) is 13.7 Å². The molecule has 3 N–H and O–H groups in total. The van der Waals surface area contributed by atoms with Crippen LogP contribution in [-0.4, -0.2) is 33.9 Å². The highest BCUT2D eigenvalue weighted by atomic mass is 32.2. The maximum Gasteiger partial charge on any atom is 0.217 e. The Bertz CT molecular complexity index is 731. The molecule has 120 valence electrons. The van der Waals surface area contributed by atoms with E-state index in [0.29, 0.717) is 0 Å². The number of ether oxygens (including phenoxy) is 1. The first kappa shape index (κ1) is 16.9. The molecule has 0 aliphatic rings. The van der Waals surface area contributed by atoms with Crippen molar-refractivity contribution in [2.24, 2.45) is 5.73 Å². The lowest BCUT2D eigenvalue weighted by molar-refractivity contribution is 0.200. The molecule has 5 nitrogen and oxygen atoms in total. The summed E-state index contributed by atoms with van der Waals surface area (Å²) in [5.41, 5.74) is 6.63. The molecule has 0 saturated carbocycles. The van der Waals surface area contributed by atoms with Crippen LogP contribution in [0.1, 0.15) is 18.5 Å². The molecular formula is C16H22N2O3S. The molecule has 0 heterocycles. The number of rotatable bonds is 7. The first-order valence-corrected chi connectivity index (χ1v) is 8.71. The third kappa shape index (κ3) is 3.84. The zero-order valence-electron chi connectivity index (χ0n) is 12.8.